The lowest BCUT2D eigenvalue weighted by Crippen LogP contribution is -2.37. The normalized spacial score (nSPS) is 13.9. The number of carbonyl (C=O) groups excluding carboxylic acids is 2. The molecular weight excluding hydrogens is 1050 g/mol. The minimum Gasteiger partial charge on any atom is -0.462 e. The number of rotatable bonds is 62. The van der Waals surface area contributed by atoms with Crippen LogP contribution in [0.1, 0.15) is 290 Å². The number of ether oxygens (including phenoxy) is 2. The second-order valence-corrected chi connectivity index (χ2v) is 25.3. The van der Waals surface area contributed by atoms with Crippen molar-refractivity contribution < 1.29 is 42.1 Å². The maximum absolute atomic E-state index is 12.9. The monoisotopic (exact) mass is 1180 g/mol. The van der Waals surface area contributed by atoms with Crippen LogP contribution in [0.2, 0.25) is 0 Å². The Morgan fingerprint density at radius 3 is 1.04 bits per heavy atom. The van der Waals surface area contributed by atoms with Crippen molar-refractivity contribution in [1.29, 1.82) is 0 Å². The Labute approximate surface area is 512 Å². The molecule has 1 N–H and O–H groups in total. The van der Waals surface area contributed by atoms with Gasteiger partial charge in [-0.2, -0.15) is 0 Å². The molecule has 0 aliphatic heterocycles. The Morgan fingerprint density at radius 2 is 0.687 bits per heavy atom. The highest BCUT2D eigenvalue weighted by molar-refractivity contribution is 7.47. The van der Waals surface area contributed by atoms with Gasteiger partial charge in [0.2, 0.25) is 0 Å². The van der Waals surface area contributed by atoms with E-state index < -0.39 is 26.5 Å². The van der Waals surface area contributed by atoms with Gasteiger partial charge >= 0.3 is 19.8 Å². The fraction of sp³-hybridized carbons (Fsp3) is 0.726. The zero-order valence-electron chi connectivity index (χ0n) is 54.4. The number of hydrogen-bond acceptors (Lipinski definition) is 7. The van der Waals surface area contributed by atoms with Gasteiger partial charge in [-0.3, -0.25) is 18.6 Å². The number of nitrogens with zero attached hydrogens (tertiary/aromatic N) is 1. The van der Waals surface area contributed by atoms with E-state index in [1.54, 1.807) is 0 Å². The molecular formula is C73H129NO8P+. The maximum Gasteiger partial charge on any atom is 0.472 e. The lowest BCUT2D eigenvalue weighted by atomic mass is 10.0. The van der Waals surface area contributed by atoms with Gasteiger partial charge in [0, 0.05) is 12.8 Å². The van der Waals surface area contributed by atoms with Gasteiger partial charge in [0.1, 0.15) is 19.8 Å². The summed E-state index contributed by atoms with van der Waals surface area (Å²) in [5.41, 5.74) is 0. The molecule has 0 aliphatic carbocycles. The molecule has 0 spiro atoms. The van der Waals surface area contributed by atoms with E-state index in [4.69, 9.17) is 18.5 Å². The van der Waals surface area contributed by atoms with Crippen LogP contribution in [-0.2, 0) is 32.7 Å². The van der Waals surface area contributed by atoms with Crippen molar-refractivity contribution in [2.45, 2.75) is 296 Å². The van der Waals surface area contributed by atoms with Gasteiger partial charge in [0.25, 0.3) is 0 Å². The van der Waals surface area contributed by atoms with Crippen LogP contribution in [0, 0.1) is 0 Å². The quantitative estimate of drug-likeness (QED) is 0.0211. The molecule has 0 bridgehead atoms. The van der Waals surface area contributed by atoms with Crippen LogP contribution in [-0.4, -0.2) is 74.9 Å². The number of quaternary nitrogens is 1. The molecule has 0 amide bonds. The summed E-state index contributed by atoms with van der Waals surface area (Å²) in [5, 5.41) is 0. The summed E-state index contributed by atoms with van der Waals surface area (Å²) in [6.07, 6.45) is 89.0. The third-order valence-electron chi connectivity index (χ3n) is 14.5. The largest absolute Gasteiger partial charge is 0.472 e. The lowest BCUT2D eigenvalue weighted by Gasteiger charge is -2.24. The molecule has 0 saturated heterocycles. The van der Waals surface area contributed by atoms with E-state index in [9.17, 15) is 19.0 Å². The van der Waals surface area contributed by atoms with Gasteiger partial charge < -0.3 is 18.9 Å². The fourth-order valence-electron chi connectivity index (χ4n) is 9.32. The van der Waals surface area contributed by atoms with Crippen LogP contribution in [0.5, 0.6) is 0 Å². The van der Waals surface area contributed by atoms with E-state index in [-0.39, 0.29) is 32.0 Å². The third-order valence-corrected chi connectivity index (χ3v) is 15.5. The van der Waals surface area contributed by atoms with Crippen LogP contribution < -0.4 is 0 Å². The number of hydrogen-bond donors (Lipinski definition) is 1. The topological polar surface area (TPSA) is 108 Å². The molecule has 2 unspecified atom stereocenters. The maximum atomic E-state index is 12.9. The van der Waals surface area contributed by atoms with E-state index in [0.29, 0.717) is 17.4 Å². The zero-order valence-corrected chi connectivity index (χ0v) is 55.3. The molecule has 478 valence electrons. The predicted molar refractivity (Wildman–Crippen MR) is 358 cm³/mol. The van der Waals surface area contributed by atoms with Crippen LogP contribution >= 0.6 is 7.82 Å². The van der Waals surface area contributed by atoms with E-state index >= 15 is 0 Å². The summed E-state index contributed by atoms with van der Waals surface area (Å²) in [4.78, 5) is 35.8. The fourth-order valence-corrected chi connectivity index (χ4v) is 10.1. The van der Waals surface area contributed by atoms with Crippen LogP contribution in [0.15, 0.2) is 109 Å². The SMILES string of the molecule is CC/C=C\C/C=C\C/C=C\C/C=C\C/C=C\C/C=C\C/C=C\C/C=C\CCCCCCCCCCCCCCCCCCC(=O)OC(COC(=O)CCCCCCCCC/C=C\CCCCCCCCC)COP(=O)(O)OCC[N+](C)(C)C. The Hall–Kier alpha value is -3.33. The van der Waals surface area contributed by atoms with Crippen molar-refractivity contribution in [3.05, 3.63) is 109 Å². The summed E-state index contributed by atoms with van der Waals surface area (Å²) in [7, 11) is 1.48. The molecule has 0 heterocycles. The van der Waals surface area contributed by atoms with E-state index in [1.807, 2.05) is 21.1 Å². The average Bonchev–Trinajstić information content (AvgIpc) is 3.48. The van der Waals surface area contributed by atoms with E-state index in [2.05, 4.69) is 123 Å². The van der Waals surface area contributed by atoms with Crippen molar-refractivity contribution in [1.82, 2.24) is 0 Å². The van der Waals surface area contributed by atoms with Crippen LogP contribution in [0.3, 0.4) is 0 Å². The van der Waals surface area contributed by atoms with Gasteiger partial charge in [0.15, 0.2) is 6.10 Å². The number of unbranched alkanes of at least 4 members (excludes halogenated alkanes) is 30. The Bertz CT molecular complexity index is 1770. The first-order valence-electron chi connectivity index (χ1n) is 34.1. The van der Waals surface area contributed by atoms with Gasteiger partial charge in [-0.25, -0.2) is 4.57 Å². The molecule has 10 heteroatoms. The molecule has 0 aromatic rings. The van der Waals surface area contributed by atoms with Crippen LogP contribution in [0.25, 0.3) is 0 Å². The molecule has 9 nitrogen and oxygen atoms in total. The molecule has 0 aromatic heterocycles. The first-order valence-corrected chi connectivity index (χ1v) is 35.6. The molecule has 83 heavy (non-hydrogen) atoms. The highest BCUT2D eigenvalue weighted by Gasteiger charge is 2.27. The highest BCUT2D eigenvalue weighted by Crippen LogP contribution is 2.43. The van der Waals surface area contributed by atoms with Gasteiger partial charge in [0.05, 0.1) is 27.7 Å². The van der Waals surface area contributed by atoms with Gasteiger partial charge in [-0.15, -0.1) is 0 Å². The molecule has 0 rings (SSSR count). The average molecular weight is 1180 g/mol. The second kappa shape index (κ2) is 63.2. The van der Waals surface area contributed by atoms with Crippen molar-refractivity contribution in [3.8, 4) is 0 Å². The number of allylic oxidation sites excluding steroid dienone is 18. The summed E-state index contributed by atoms with van der Waals surface area (Å²) in [6, 6.07) is 0. The Kier molecular flexibility index (Phi) is 60.6. The number of carbonyl (C=O) groups is 2. The molecule has 0 saturated carbocycles. The number of likely N-dealkylation sites (N-methyl/N-ethyl adjacent to an activating group) is 1. The molecule has 0 fully saturated rings. The van der Waals surface area contributed by atoms with Crippen molar-refractivity contribution >= 4 is 19.8 Å². The van der Waals surface area contributed by atoms with Gasteiger partial charge in [-0.05, 0) is 103 Å². The Balaban J connectivity index is 4.00. The zero-order chi connectivity index (χ0) is 60.5. The summed E-state index contributed by atoms with van der Waals surface area (Å²) < 4.78 is 34.7. The minimum absolute atomic E-state index is 0.0288. The van der Waals surface area contributed by atoms with Gasteiger partial charge in [-0.1, -0.05) is 284 Å². The molecule has 2 atom stereocenters. The molecule has 0 radical (unpaired) electrons. The van der Waals surface area contributed by atoms with E-state index in [1.165, 1.54) is 167 Å². The first kappa shape index (κ1) is 79.7. The third kappa shape index (κ3) is 67.7. The lowest BCUT2D eigenvalue weighted by molar-refractivity contribution is -0.870. The number of esters is 2. The molecule has 0 aromatic carbocycles. The number of phosphoric ester groups is 1. The Morgan fingerprint density at radius 1 is 0.386 bits per heavy atom. The minimum atomic E-state index is -4.39. The highest BCUT2D eigenvalue weighted by atomic mass is 31.2. The molecule has 0 aliphatic rings. The van der Waals surface area contributed by atoms with E-state index in [0.717, 1.165) is 89.9 Å². The summed E-state index contributed by atoms with van der Waals surface area (Å²) in [6.45, 7) is 4.33. The van der Waals surface area contributed by atoms with Crippen molar-refractivity contribution in [3.63, 3.8) is 0 Å². The predicted octanol–water partition coefficient (Wildman–Crippen LogP) is 22.1. The van der Waals surface area contributed by atoms with Crippen molar-refractivity contribution in [2.24, 2.45) is 0 Å². The summed E-state index contributed by atoms with van der Waals surface area (Å²) in [5.74, 6) is -0.797. The smallest absolute Gasteiger partial charge is 0.462 e. The summed E-state index contributed by atoms with van der Waals surface area (Å²) >= 11 is 0. The number of phosphoric acid groups is 1. The standard InChI is InChI=1S/C73H128NO8P/c1-6-8-10-12-14-16-18-20-22-24-26-27-28-29-30-31-32-33-34-35-36-37-38-39-40-41-42-43-44-45-46-47-48-50-52-54-56-58-60-62-64-66-73(76)82-71(70-81-83(77,78)80-68-67-74(3,4)5)69-79-72(75)65-63-61-59-57-55-53-51-49-25-23-21-19-17-15-13-11-9-7-2/h8,10,14,16,20,22-23,25-27,29-30,32-33,35-36,38-39,71H,6-7,9,11-13,15,17-19,21,24,28,31,34,37,40-70H2,1-5H3/p+1/b10-8-,16-14-,22-20-,25-23-,27-26-,30-29-,33-32-,36-35-,39-38-. The van der Waals surface area contributed by atoms with Crippen LogP contribution in [0.4, 0.5) is 0 Å². The first-order chi connectivity index (χ1) is 40.5. The second-order valence-electron chi connectivity index (χ2n) is 23.8. The van der Waals surface area contributed by atoms with Crippen molar-refractivity contribution in [2.75, 3.05) is 47.5 Å².